The van der Waals surface area contributed by atoms with Gasteiger partial charge in [-0.1, -0.05) is 17.7 Å². The highest BCUT2D eigenvalue weighted by molar-refractivity contribution is 8.00. The van der Waals surface area contributed by atoms with Crippen molar-refractivity contribution in [2.24, 2.45) is 0 Å². The molecule has 3 N–H and O–H groups in total. The van der Waals surface area contributed by atoms with Crippen LogP contribution in [-0.2, 0) is 14.4 Å². The van der Waals surface area contributed by atoms with Crippen LogP contribution in [0.3, 0.4) is 0 Å². The summed E-state index contributed by atoms with van der Waals surface area (Å²) in [6, 6.07) is 12.4. The van der Waals surface area contributed by atoms with E-state index < -0.39 is 5.97 Å². The molecule has 0 saturated heterocycles. The van der Waals surface area contributed by atoms with Gasteiger partial charge < -0.3 is 15.7 Å². The van der Waals surface area contributed by atoms with Crippen LogP contribution < -0.4 is 10.6 Å². The van der Waals surface area contributed by atoms with Crippen LogP contribution in [0.25, 0.3) is 0 Å². The van der Waals surface area contributed by atoms with Crippen LogP contribution in [-0.4, -0.2) is 28.1 Å². The molecule has 1 atom stereocenters. The van der Waals surface area contributed by atoms with E-state index in [9.17, 15) is 14.4 Å². The SMILES string of the molecule is Cc1ccc(NC(=O)C(C)Sc2ccc(NC(=O)CCC(=O)O)cc2)cc1Cl. The zero-order valence-corrected chi connectivity index (χ0v) is 17.1. The molecule has 0 aliphatic carbocycles. The summed E-state index contributed by atoms with van der Waals surface area (Å²) in [6.45, 7) is 3.70. The van der Waals surface area contributed by atoms with Crippen molar-refractivity contribution in [2.75, 3.05) is 10.6 Å². The predicted molar refractivity (Wildman–Crippen MR) is 112 cm³/mol. The fourth-order valence-electron chi connectivity index (χ4n) is 2.23. The first-order valence-electron chi connectivity index (χ1n) is 8.60. The van der Waals surface area contributed by atoms with E-state index in [-0.39, 0.29) is 29.9 Å². The van der Waals surface area contributed by atoms with E-state index in [1.165, 1.54) is 11.8 Å². The Morgan fingerprint density at radius 3 is 2.29 bits per heavy atom. The van der Waals surface area contributed by atoms with Crippen molar-refractivity contribution < 1.29 is 19.5 Å². The average Bonchev–Trinajstić information content (AvgIpc) is 2.64. The topological polar surface area (TPSA) is 95.5 Å². The van der Waals surface area contributed by atoms with E-state index in [0.717, 1.165) is 10.5 Å². The molecule has 2 aromatic rings. The van der Waals surface area contributed by atoms with Gasteiger partial charge in [0.2, 0.25) is 11.8 Å². The van der Waals surface area contributed by atoms with Crippen LogP contribution in [0.5, 0.6) is 0 Å². The van der Waals surface area contributed by atoms with Gasteiger partial charge in [-0.2, -0.15) is 0 Å². The smallest absolute Gasteiger partial charge is 0.303 e. The first kappa shape index (κ1) is 21.8. The number of carboxylic acid groups (broad SMARTS) is 1. The lowest BCUT2D eigenvalue weighted by atomic mass is 10.2. The standard InChI is InChI=1S/C20H21ClN2O4S/c1-12-3-4-15(11-17(12)21)23-20(27)13(2)28-16-7-5-14(6-8-16)22-18(24)9-10-19(25)26/h3-8,11,13H,9-10H2,1-2H3,(H,22,24)(H,23,27)(H,25,26). The van der Waals surface area contributed by atoms with Crippen molar-refractivity contribution in [1.82, 2.24) is 0 Å². The minimum absolute atomic E-state index is 0.0773. The number of carbonyl (C=O) groups is 3. The summed E-state index contributed by atoms with van der Waals surface area (Å²) in [7, 11) is 0. The largest absolute Gasteiger partial charge is 0.481 e. The summed E-state index contributed by atoms with van der Waals surface area (Å²) in [5, 5.41) is 14.3. The molecule has 0 spiro atoms. The van der Waals surface area contributed by atoms with Crippen LogP contribution in [0.4, 0.5) is 11.4 Å². The Bertz CT molecular complexity index is 871. The Hall–Kier alpha value is -2.51. The number of hydrogen-bond acceptors (Lipinski definition) is 4. The number of halogens is 1. The molecule has 0 heterocycles. The summed E-state index contributed by atoms with van der Waals surface area (Å²) in [5.74, 6) is -1.51. The number of amides is 2. The van der Waals surface area contributed by atoms with Gasteiger partial charge in [-0.05, 0) is 55.8 Å². The molecule has 8 heteroatoms. The molecule has 6 nitrogen and oxygen atoms in total. The Balaban J connectivity index is 1.88. The molecule has 2 aromatic carbocycles. The Morgan fingerprint density at radius 1 is 1.04 bits per heavy atom. The maximum absolute atomic E-state index is 12.4. The molecule has 0 bridgehead atoms. The van der Waals surface area contributed by atoms with Gasteiger partial charge in [0, 0.05) is 27.7 Å². The summed E-state index contributed by atoms with van der Waals surface area (Å²) in [4.78, 5) is 35.4. The molecule has 0 radical (unpaired) electrons. The Morgan fingerprint density at radius 2 is 1.68 bits per heavy atom. The lowest BCUT2D eigenvalue weighted by Crippen LogP contribution is -2.22. The second kappa shape index (κ2) is 10.1. The van der Waals surface area contributed by atoms with Gasteiger partial charge in [0.05, 0.1) is 11.7 Å². The molecule has 2 rings (SSSR count). The fraction of sp³-hybridized carbons (Fsp3) is 0.250. The van der Waals surface area contributed by atoms with E-state index in [1.807, 2.05) is 13.0 Å². The monoisotopic (exact) mass is 420 g/mol. The van der Waals surface area contributed by atoms with Crippen molar-refractivity contribution in [1.29, 1.82) is 0 Å². The highest BCUT2D eigenvalue weighted by Crippen LogP contribution is 2.26. The number of carboxylic acids is 1. The third kappa shape index (κ3) is 6.90. The predicted octanol–water partition coefficient (Wildman–Crippen LogP) is 4.57. The fourth-order valence-corrected chi connectivity index (χ4v) is 3.28. The van der Waals surface area contributed by atoms with Crippen LogP contribution in [0, 0.1) is 6.92 Å². The second-order valence-electron chi connectivity index (χ2n) is 6.18. The van der Waals surface area contributed by atoms with Crippen LogP contribution >= 0.6 is 23.4 Å². The van der Waals surface area contributed by atoms with E-state index >= 15 is 0 Å². The maximum Gasteiger partial charge on any atom is 0.303 e. The molecule has 28 heavy (non-hydrogen) atoms. The van der Waals surface area contributed by atoms with Crippen molar-refractivity contribution in [3.63, 3.8) is 0 Å². The van der Waals surface area contributed by atoms with Gasteiger partial charge in [0.25, 0.3) is 0 Å². The molecule has 0 saturated carbocycles. The van der Waals surface area contributed by atoms with E-state index in [1.54, 1.807) is 43.3 Å². The minimum atomic E-state index is -1.01. The second-order valence-corrected chi connectivity index (χ2v) is 8.00. The average molecular weight is 421 g/mol. The van der Waals surface area contributed by atoms with Gasteiger partial charge in [-0.25, -0.2) is 0 Å². The lowest BCUT2D eigenvalue weighted by molar-refractivity contribution is -0.138. The number of rotatable bonds is 8. The number of hydrogen-bond donors (Lipinski definition) is 3. The number of aliphatic carboxylic acids is 1. The van der Waals surface area contributed by atoms with E-state index in [4.69, 9.17) is 16.7 Å². The highest BCUT2D eigenvalue weighted by Gasteiger charge is 2.15. The summed E-state index contributed by atoms with van der Waals surface area (Å²) >= 11 is 7.46. The Kier molecular flexibility index (Phi) is 7.90. The van der Waals surface area contributed by atoms with Crippen LogP contribution in [0.15, 0.2) is 47.4 Å². The zero-order chi connectivity index (χ0) is 20.7. The summed E-state index contributed by atoms with van der Waals surface area (Å²) in [5.41, 5.74) is 2.16. The maximum atomic E-state index is 12.4. The molecule has 1 unspecified atom stereocenters. The minimum Gasteiger partial charge on any atom is -0.481 e. The van der Waals surface area contributed by atoms with E-state index in [2.05, 4.69) is 10.6 Å². The molecule has 0 aliphatic rings. The normalized spacial score (nSPS) is 11.5. The zero-order valence-electron chi connectivity index (χ0n) is 15.5. The first-order valence-corrected chi connectivity index (χ1v) is 9.85. The number of thioether (sulfide) groups is 1. The number of carbonyl (C=O) groups excluding carboxylic acids is 2. The third-order valence-electron chi connectivity index (χ3n) is 3.83. The van der Waals surface area contributed by atoms with Crippen molar-refractivity contribution in [3.05, 3.63) is 53.1 Å². The van der Waals surface area contributed by atoms with Gasteiger partial charge in [0.1, 0.15) is 0 Å². The molecule has 0 aliphatic heterocycles. The highest BCUT2D eigenvalue weighted by atomic mass is 35.5. The van der Waals surface area contributed by atoms with Crippen molar-refractivity contribution in [2.45, 2.75) is 36.8 Å². The summed E-state index contributed by atoms with van der Waals surface area (Å²) in [6.07, 6.45) is -0.287. The summed E-state index contributed by atoms with van der Waals surface area (Å²) < 4.78 is 0. The lowest BCUT2D eigenvalue weighted by Gasteiger charge is -2.13. The number of aryl methyl sites for hydroxylation is 1. The van der Waals surface area contributed by atoms with Gasteiger partial charge in [-0.15, -0.1) is 11.8 Å². The quantitative estimate of drug-likeness (QED) is 0.543. The van der Waals surface area contributed by atoms with Gasteiger partial charge in [0.15, 0.2) is 0 Å². The van der Waals surface area contributed by atoms with Crippen molar-refractivity contribution >= 4 is 52.5 Å². The third-order valence-corrected chi connectivity index (χ3v) is 5.34. The molecule has 2 amide bonds. The molecule has 0 aromatic heterocycles. The molecule has 148 valence electrons. The molecule has 0 fully saturated rings. The molecular weight excluding hydrogens is 400 g/mol. The number of anilines is 2. The van der Waals surface area contributed by atoms with Crippen LogP contribution in [0.2, 0.25) is 5.02 Å². The van der Waals surface area contributed by atoms with E-state index in [0.29, 0.717) is 16.4 Å². The number of benzene rings is 2. The van der Waals surface area contributed by atoms with Gasteiger partial charge in [-0.3, -0.25) is 14.4 Å². The number of nitrogens with one attached hydrogen (secondary N) is 2. The first-order chi connectivity index (χ1) is 13.2. The van der Waals surface area contributed by atoms with Gasteiger partial charge >= 0.3 is 5.97 Å². The van der Waals surface area contributed by atoms with Crippen LogP contribution in [0.1, 0.15) is 25.3 Å². The Labute approximate surface area is 172 Å². The van der Waals surface area contributed by atoms with Crippen molar-refractivity contribution in [3.8, 4) is 0 Å². The molecular formula is C20H21ClN2O4S.